The van der Waals surface area contributed by atoms with Gasteiger partial charge in [-0.25, -0.2) is 14.1 Å². The molecule has 5 rings (SSSR count). The molecule has 3 aromatic heterocycles. The minimum absolute atomic E-state index is 0.205. The van der Waals surface area contributed by atoms with Gasteiger partial charge in [0.25, 0.3) is 0 Å². The van der Waals surface area contributed by atoms with Crippen molar-refractivity contribution < 1.29 is 9.50 Å². The van der Waals surface area contributed by atoms with Gasteiger partial charge in [-0.2, -0.15) is 15.5 Å². The number of pyridine rings is 1. The summed E-state index contributed by atoms with van der Waals surface area (Å²) in [6, 6.07) is 5.46. The smallest absolute Gasteiger partial charge is 0.155 e. The zero-order valence-electron chi connectivity index (χ0n) is 17.6. The van der Waals surface area contributed by atoms with E-state index < -0.39 is 0 Å². The highest BCUT2D eigenvalue weighted by Gasteiger charge is 2.31. The Hall–Kier alpha value is -2.96. The number of halogens is 1. The maximum Gasteiger partial charge on any atom is 0.155 e. The first-order valence-corrected chi connectivity index (χ1v) is 11.6. The van der Waals surface area contributed by atoms with Gasteiger partial charge in [0.15, 0.2) is 5.82 Å². The highest BCUT2D eigenvalue weighted by Crippen LogP contribution is 2.46. The Morgan fingerprint density at radius 3 is 2.78 bits per heavy atom. The van der Waals surface area contributed by atoms with Crippen molar-refractivity contribution in [3.8, 4) is 6.07 Å². The predicted molar refractivity (Wildman–Crippen MR) is 119 cm³/mol. The number of aliphatic hydroxyl groups excluding tert-OH is 1. The van der Waals surface area contributed by atoms with Crippen molar-refractivity contribution in [2.45, 2.75) is 61.4 Å². The minimum Gasteiger partial charge on any atom is -0.393 e. The Kier molecular flexibility index (Phi) is 5.57. The van der Waals surface area contributed by atoms with Crippen LogP contribution in [0.5, 0.6) is 0 Å². The summed E-state index contributed by atoms with van der Waals surface area (Å²) >= 11 is 1.31. The number of fused-ring (bicyclic) bond motifs is 1. The van der Waals surface area contributed by atoms with Crippen molar-refractivity contribution in [1.29, 1.82) is 5.26 Å². The highest BCUT2D eigenvalue weighted by molar-refractivity contribution is 7.99. The number of hydrogen-bond donors (Lipinski definition) is 1. The molecule has 1 unspecified atom stereocenters. The molecule has 0 bridgehead atoms. The summed E-state index contributed by atoms with van der Waals surface area (Å²) in [6.07, 6.45) is 10.8. The van der Waals surface area contributed by atoms with Crippen molar-refractivity contribution in [2.24, 2.45) is 0 Å². The average Bonchev–Trinajstić information content (AvgIpc) is 3.39. The topological polar surface area (TPSA) is 92.5 Å². The van der Waals surface area contributed by atoms with E-state index >= 15 is 0 Å². The Bertz CT molecular complexity index is 1220. The van der Waals surface area contributed by atoms with Gasteiger partial charge in [0.05, 0.1) is 41.0 Å². The molecule has 2 aliphatic rings. The van der Waals surface area contributed by atoms with Gasteiger partial charge in [-0.3, -0.25) is 4.68 Å². The standard InChI is InChI=1S/C23H23FN6OS/c1-14-19(12-28-30(14)17-4-6-18(31)7-5-17)15-9-21(32-23-20(24)3-2-8-26-23)22-16(10-25)11-27-29(22)13-15/h2-3,8,11-13,17-18,21,31H,4-7,9H2,1H3/t17-,18+,21?. The number of rotatable bonds is 4. The molecule has 9 heteroatoms. The fourth-order valence-corrected chi connectivity index (χ4v) is 5.84. The summed E-state index contributed by atoms with van der Waals surface area (Å²) < 4.78 is 18.1. The van der Waals surface area contributed by atoms with E-state index in [0.29, 0.717) is 17.0 Å². The molecule has 1 aliphatic heterocycles. The molecule has 1 fully saturated rings. The van der Waals surface area contributed by atoms with Crippen LogP contribution in [-0.4, -0.2) is 35.8 Å². The summed E-state index contributed by atoms with van der Waals surface area (Å²) in [5.74, 6) is -0.373. The molecule has 1 atom stereocenters. The van der Waals surface area contributed by atoms with Crippen molar-refractivity contribution in [2.75, 3.05) is 0 Å². The molecule has 1 saturated carbocycles. The fraction of sp³-hybridized carbons (Fsp3) is 0.391. The SMILES string of the molecule is Cc1c(C2=Cn3ncc(C#N)c3C(Sc3ncccc3F)C2)cnn1[C@H]1CC[C@@H](O)CC1. The summed E-state index contributed by atoms with van der Waals surface area (Å²) in [6.45, 7) is 2.06. The summed E-state index contributed by atoms with van der Waals surface area (Å²) in [7, 11) is 0. The van der Waals surface area contributed by atoms with E-state index in [2.05, 4.69) is 32.9 Å². The number of thioether (sulfide) groups is 1. The van der Waals surface area contributed by atoms with E-state index in [1.54, 1.807) is 23.1 Å². The molecule has 1 aliphatic carbocycles. The number of aliphatic hydroxyl groups is 1. The first-order chi connectivity index (χ1) is 15.5. The summed E-state index contributed by atoms with van der Waals surface area (Å²) in [5.41, 5.74) is 4.39. The Labute approximate surface area is 189 Å². The third-order valence-electron chi connectivity index (χ3n) is 6.32. The van der Waals surface area contributed by atoms with Gasteiger partial charge in [0.2, 0.25) is 0 Å². The zero-order chi connectivity index (χ0) is 22.2. The van der Waals surface area contributed by atoms with E-state index in [0.717, 1.165) is 48.2 Å². The van der Waals surface area contributed by atoms with Crippen LogP contribution in [0.3, 0.4) is 0 Å². The van der Waals surface area contributed by atoms with E-state index in [1.165, 1.54) is 17.8 Å². The van der Waals surface area contributed by atoms with Crippen LogP contribution in [0.25, 0.3) is 11.8 Å². The molecule has 7 nitrogen and oxygen atoms in total. The Balaban J connectivity index is 1.49. The molecule has 32 heavy (non-hydrogen) atoms. The first-order valence-electron chi connectivity index (χ1n) is 10.7. The van der Waals surface area contributed by atoms with Crippen molar-refractivity contribution in [3.63, 3.8) is 0 Å². The summed E-state index contributed by atoms with van der Waals surface area (Å²) in [5, 5.41) is 28.6. The molecular weight excluding hydrogens is 427 g/mol. The quantitative estimate of drug-likeness (QED) is 0.629. The van der Waals surface area contributed by atoms with Crippen LogP contribution < -0.4 is 0 Å². The third kappa shape index (κ3) is 3.74. The van der Waals surface area contributed by atoms with Crippen LogP contribution in [0.15, 0.2) is 35.7 Å². The van der Waals surface area contributed by atoms with Crippen molar-refractivity contribution in [1.82, 2.24) is 24.5 Å². The number of nitriles is 1. The normalized spacial score (nSPS) is 22.8. The lowest BCUT2D eigenvalue weighted by Crippen LogP contribution is -2.22. The molecule has 3 aromatic rings. The third-order valence-corrected chi connectivity index (χ3v) is 7.52. The molecule has 0 spiro atoms. The maximum absolute atomic E-state index is 14.3. The van der Waals surface area contributed by atoms with Gasteiger partial charge in [0.1, 0.15) is 11.1 Å². The van der Waals surface area contributed by atoms with Crippen LogP contribution in [0.4, 0.5) is 4.39 Å². The minimum atomic E-state index is -0.373. The Morgan fingerprint density at radius 1 is 1.22 bits per heavy atom. The van der Waals surface area contributed by atoms with Gasteiger partial charge in [-0.1, -0.05) is 11.8 Å². The summed E-state index contributed by atoms with van der Waals surface area (Å²) in [4.78, 5) is 4.19. The van der Waals surface area contributed by atoms with Crippen molar-refractivity contribution in [3.05, 3.63) is 59.1 Å². The average molecular weight is 451 g/mol. The van der Waals surface area contributed by atoms with Gasteiger partial charge in [-0.15, -0.1) is 0 Å². The lowest BCUT2D eigenvalue weighted by atomic mass is 9.92. The van der Waals surface area contributed by atoms with Gasteiger partial charge in [0, 0.05) is 23.7 Å². The highest BCUT2D eigenvalue weighted by atomic mass is 32.2. The van der Waals surface area contributed by atoms with Gasteiger partial charge < -0.3 is 5.11 Å². The number of allylic oxidation sites excluding steroid dienone is 1. The molecule has 4 heterocycles. The molecule has 0 radical (unpaired) electrons. The van der Waals surface area contributed by atoms with E-state index in [-0.39, 0.29) is 23.2 Å². The molecule has 1 N–H and O–H groups in total. The van der Waals surface area contributed by atoms with Crippen LogP contribution in [0, 0.1) is 24.1 Å². The van der Waals surface area contributed by atoms with Crippen LogP contribution >= 0.6 is 11.8 Å². The number of nitrogens with zero attached hydrogens (tertiary/aromatic N) is 6. The molecule has 0 saturated heterocycles. The molecule has 164 valence electrons. The van der Waals surface area contributed by atoms with Gasteiger partial charge >= 0.3 is 0 Å². The van der Waals surface area contributed by atoms with E-state index in [4.69, 9.17) is 0 Å². The predicted octanol–water partition coefficient (Wildman–Crippen LogP) is 4.51. The number of hydrogen-bond acceptors (Lipinski definition) is 6. The Morgan fingerprint density at radius 2 is 2.03 bits per heavy atom. The van der Waals surface area contributed by atoms with Gasteiger partial charge in [-0.05, 0) is 56.7 Å². The fourth-order valence-electron chi connectivity index (χ4n) is 4.66. The number of aromatic nitrogens is 5. The molecule has 0 aromatic carbocycles. The lowest BCUT2D eigenvalue weighted by molar-refractivity contribution is 0.107. The monoisotopic (exact) mass is 450 g/mol. The lowest BCUT2D eigenvalue weighted by Gasteiger charge is -2.27. The molecular formula is C23H23FN6OS. The largest absolute Gasteiger partial charge is 0.393 e. The van der Waals surface area contributed by atoms with Crippen LogP contribution in [0.1, 0.15) is 65.9 Å². The molecule has 0 amide bonds. The van der Waals surface area contributed by atoms with E-state index in [9.17, 15) is 14.8 Å². The van der Waals surface area contributed by atoms with Crippen molar-refractivity contribution >= 4 is 23.5 Å². The van der Waals surface area contributed by atoms with Crippen LogP contribution in [-0.2, 0) is 0 Å². The second-order valence-corrected chi connectivity index (χ2v) is 9.50. The van der Waals surface area contributed by atoms with E-state index in [1.807, 2.05) is 12.4 Å². The second kappa shape index (κ2) is 8.52. The zero-order valence-corrected chi connectivity index (χ0v) is 18.5. The maximum atomic E-state index is 14.3. The second-order valence-electron chi connectivity index (χ2n) is 8.31. The van der Waals surface area contributed by atoms with Crippen LogP contribution in [0.2, 0.25) is 0 Å². The first kappa shape index (κ1) is 20.9.